The van der Waals surface area contributed by atoms with E-state index in [2.05, 4.69) is 10.1 Å². The quantitative estimate of drug-likeness (QED) is 0.312. The minimum atomic E-state index is -4.30. The summed E-state index contributed by atoms with van der Waals surface area (Å²) in [5.74, 6) is -0.342. The second-order valence-corrected chi connectivity index (χ2v) is 10.1. The molecule has 2 aromatic heterocycles. The molecule has 2 fully saturated rings. The average molecular weight is 517 g/mol. The van der Waals surface area contributed by atoms with E-state index in [0.29, 0.717) is 11.1 Å². The summed E-state index contributed by atoms with van der Waals surface area (Å²) in [5.41, 5.74) is 5.39. The molecule has 4 heterocycles. The Morgan fingerprint density at radius 1 is 1.39 bits per heavy atom. The summed E-state index contributed by atoms with van der Waals surface area (Å²) in [6.07, 6.45) is -2.33. The van der Waals surface area contributed by atoms with Crippen LogP contribution < -0.4 is 5.73 Å². The molecule has 0 spiro atoms. The Hall–Kier alpha value is -3.21. The number of nitrogen functional groups attached to an aromatic ring is 1. The Labute approximate surface area is 205 Å². The fourth-order valence-electron chi connectivity index (χ4n) is 4.37. The molecular formula is C22H24N5O8P. The van der Waals surface area contributed by atoms with Crippen LogP contribution in [0, 0.1) is 11.3 Å². The molecule has 2 aliphatic rings. The predicted octanol–water partition coefficient (Wildman–Crippen LogP) is 1.00. The van der Waals surface area contributed by atoms with Gasteiger partial charge in [-0.1, -0.05) is 0 Å². The summed E-state index contributed by atoms with van der Waals surface area (Å²) in [7, 11) is -4.30. The first-order chi connectivity index (χ1) is 17.3. The van der Waals surface area contributed by atoms with Crippen LogP contribution in [0.3, 0.4) is 0 Å². The summed E-state index contributed by atoms with van der Waals surface area (Å²) in [5, 5.41) is 25.4. The van der Waals surface area contributed by atoms with Gasteiger partial charge in [-0.15, -0.1) is 0 Å². The number of nitrogens with zero attached hydrogens (tertiary/aromatic N) is 4. The topological polar surface area (TPSA) is 184 Å². The monoisotopic (exact) mass is 517 g/mol. The van der Waals surface area contributed by atoms with Gasteiger partial charge in [-0.25, -0.2) is 0 Å². The van der Waals surface area contributed by atoms with Gasteiger partial charge < -0.3 is 0 Å². The number of aliphatic hydroxyl groups excluding tert-OH is 1. The van der Waals surface area contributed by atoms with Crippen molar-refractivity contribution >= 4 is 25.5 Å². The summed E-state index contributed by atoms with van der Waals surface area (Å²) < 4.78 is 29.2. The molecule has 3 aromatic rings. The van der Waals surface area contributed by atoms with E-state index in [0.717, 1.165) is 0 Å². The van der Waals surface area contributed by atoms with Crippen LogP contribution in [0.25, 0.3) is 5.52 Å². The molecule has 1 aromatic carbocycles. The predicted molar refractivity (Wildman–Crippen MR) is 124 cm³/mol. The number of fused-ring (bicyclic) bond motifs is 2. The van der Waals surface area contributed by atoms with Crippen LogP contribution >= 0.6 is 8.17 Å². The van der Waals surface area contributed by atoms with Gasteiger partial charge in [0.1, 0.15) is 0 Å². The fraction of sp³-hybridized carbons (Fsp3) is 0.364. The SMILES string of the molecule is CCOC(=O)c1ccccc1CO[PH]1(O)OC[C@H]2O[C@@](C#N)(c3ccc4c(N)ncnn34)[C@H](O)[C@@H]2O1. The van der Waals surface area contributed by atoms with Crippen molar-refractivity contribution in [3.8, 4) is 6.07 Å². The summed E-state index contributed by atoms with van der Waals surface area (Å²) in [4.78, 5) is 27.1. The number of carbonyl (C=O) groups is 1. The third-order valence-corrected chi connectivity index (χ3v) is 7.71. The number of anilines is 1. The van der Waals surface area contributed by atoms with E-state index in [9.17, 15) is 20.1 Å². The van der Waals surface area contributed by atoms with Crippen molar-refractivity contribution in [3.63, 3.8) is 0 Å². The molecule has 14 heteroatoms. The molecule has 0 bridgehead atoms. The van der Waals surface area contributed by atoms with Crippen molar-refractivity contribution in [1.29, 1.82) is 5.26 Å². The summed E-state index contributed by atoms with van der Waals surface area (Å²) >= 11 is 0. The molecular weight excluding hydrogens is 493 g/mol. The Kier molecular flexibility index (Phi) is 6.36. The zero-order valence-electron chi connectivity index (χ0n) is 19.1. The molecule has 0 aliphatic carbocycles. The first-order valence-corrected chi connectivity index (χ1v) is 12.8. The number of hydrogen-bond donors (Lipinski definition) is 3. The molecule has 0 unspecified atom stereocenters. The van der Waals surface area contributed by atoms with Gasteiger partial charge in [-0.05, 0) is 0 Å². The van der Waals surface area contributed by atoms with Gasteiger partial charge in [-0.2, -0.15) is 0 Å². The molecule has 0 saturated carbocycles. The van der Waals surface area contributed by atoms with Crippen LogP contribution in [0.5, 0.6) is 0 Å². The second kappa shape index (κ2) is 9.34. The van der Waals surface area contributed by atoms with E-state index in [1.165, 1.54) is 10.8 Å². The molecule has 0 amide bonds. The average Bonchev–Trinajstić information content (AvgIpc) is 3.44. The first kappa shape index (κ1) is 24.5. The number of aromatic nitrogens is 3. The van der Waals surface area contributed by atoms with E-state index < -0.39 is 38.1 Å². The van der Waals surface area contributed by atoms with Crippen LogP contribution in [0.1, 0.15) is 28.5 Å². The zero-order chi connectivity index (χ0) is 25.5. The number of carbonyl (C=O) groups excluding carboxylic acids is 1. The third kappa shape index (κ3) is 3.99. The van der Waals surface area contributed by atoms with Crippen LogP contribution in [-0.2, 0) is 35.3 Å². The van der Waals surface area contributed by atoms with Gasteiger partial charge in [0, 0.05) is 0 Å². The van der Waals surface area contributed by atoms with Gasteiger partial charge in [0.15, 0.2) is 0 Å². The molecule has 5 rings (SSSR count). The number of rotatable bonds is 6. The van der Waals surface area contributed by atoms with Crippen molar-refractivity contribution in [2.75, 3.05) is 18.9 Å². The maximum absolute atomic E-state index is 12.2. The van der Waals surface area contributed by atoms with E-state index in [4.69, 9.17) is 28.8 Å². The van der Waals surface area contributed by atoms with Gasteiger partial charge in [0.25, 0.3) is 0 Å². The number of hydrogen-bond acceptors (Lipinski definition) is 12. The minimum absolute atomic E-state index is 0.187. The maximum atomic E-state index is 12.2. The van der Waals surface area contributed by atoms with Crippen LogP contribution in [0.2, 0.25) is 0 Å². The van der Waals surface area contributed by atoms with E-state index >= 15 is 0 Å². The Morgan fingerprint density at radius 3 is 2.97 bits per heavy atom. The Balaban J connectivity index is 1.37. The molecule has 4 atom stereocenters. The number of ether oxygens (including phenoxy) is 2. The van der Waals surface area contributed by atoms with E-state index in [1.807, 2.05) is 6.07 Å². The third-order valence-electron chi connectivity index (χ3n) is 6.10. The van der Waals surface area contributed by atoms with Crippen LogP contribution in [0.15, 0.2) is 42.7 Å². The zero-order valence-corrected chi connectivity index (χ0v) is 20.1. The second-order valence-electron chi connectivity index (χ2n) is 8.19. The van der Waals surface area contributed by atoms with Crippen LogP contribution in [0.4, 0.5) is 5.82 Å². The van der Waals surface area contributed by atoms with E-state index in [-0.39, 0.29) is 36.9 Å². The van der Waals surface area contributed by atoms with Crippen molar-refractivity contribution in [2.24, 2.45) is 0 Å². The molecule has 2 aliphatic heterocycles. The van der Waals surface area contributed by atoms with Crippen molar-refractivity contribution < 1.29 is 37.8 Å². The molecule has 190 valence electrons. The number of aliphatic hydroxyl groups is 1. The fourth-order valence-corrected chi connectivity index (χ4v) is 5.92. The van der Waals surface area contributed by atoms with Gasteiger partial charge in [0.05, 0.1) is 0 Å². The molecule has 0 radical (unpaired) electrons. The number of nitriles is 1. The Bertz CT molecular complexity index is 1350. The number of esters is 1. The molecule has 2 saturated heterocycles. The van der Waals surface area contributed by atoms with Crippen molar-refractivity contribution in [3.05, 3.63) is 59.5 Å². The standard InChI is InChI=1S/C22H24N5O8P/c1-2-31-21(29)14-6-4-3-5-13(14)9-32-36(30)33-10-16-18(35-36)19(28)22(11-23,34-16)17-8-7-15-20(24)25-12-26-27(15)17/h3-8,12,16,18-19,28,30,36H,2,9-10H2,1H3,(H2,24,25,26)/t16-,18-,19-,22+/m1/s1. The van der Waals surface area contributed by atoms with Gasteiger partial charge in [0.2, 0.25) is 0 Å². The molecule has 36 heavy (non-hydrogen) atoms. The summed E-state index contributed by atoms with van der Waals surface area (Å²) in [6, 6.07) is 11.8. The molecule has 4 N–H and O–H groups in total. The van der Waals surface area contributed by atoms with Crippen molar-refractivity contribution in [2.45, 2.75) is 37.4 Å². The number of benzene rings is 1. The van der Waals surface area contributed by atoms with Gasteiger partial charge >= 0.3 is 205 Å². The number of nitrogens with two attached hydrogens (primary N) is 1. The van der Waals surface area contributed by atoms with Crippen molar-refractivity contribution in [1.82, 2.24) is 14.6 Å². The molecule has 13 nitrogen and oxygen atoms in total. The van der Waals surface area contributed by atoms with Crippen LogP contribution in [-0.4, -0.2) is 62.1 Å². The van der Waals surface area contributed by atoms with Gasteiger partial charge in [-0.3, -0.25) is 0 Å². The normalized spacial score (nSPS) is 27.8. The summed E-state index contributed by atoms with van der Waals surface area (Å²) in [6.45, 7) is 1.49. The van der Waals surface area contributed by atoms with E-state index in [1.54, 1.807) is 43.3 Å². The first-order valence-electron chi connectivity index (χ1n) is 11.1. The Morgan fingerprint density at radius 2 is 2.19 bits per heavy atom.